The predicted molar refractivity (Wildman–Crippen MR) is 73.5 cm³/mol. The van der Waals surface area contributed by atoms with Crippen molar-refractivity contribution in [3.8, 4) is 0 Å². The van der Waals surface area contributed by atoms with Crippen molar-refractivity contribution in [1.29, 1.82) is 0 Å². The third kappa shape index (κ3) is 2.49. The van der Waals surface area contributed by atoms with Crippen molar-refractivity contribution in [3.05, 3.63) is 34.9 Å². The highest BCUT2D eigenvalue weighted by Gasteiger charge is 2.40. The third-order valence-corrected chi connectivity index (χ3v) is 4.47. The van der Waals surface area contributed by atoms with Crippen molar-refractivity contribution in [3.63, 3.8) is 0 Å². The van der Waals surface area contributed by atoms with E-state index in [1.54, 1.807) is 0 Å². The van der Waals surface area contributed by atoms with Crippen LogP contribution >= 0.6 is 11.6 Å². The van der Waals surface area contributed by atoms with Crippen LogP contribution in [0.15, 0.2) is 24.3 Å². The topological polar surface area (TPSA) is 29.3 Å². The van der Waals surface area contributed by atoms with Gasteiger partial charge in [0.1, 0.15) is 0 Å². The summed E-state index contributed by atoms with van der Waals surface area (Å²) >= 11 is 6.06. The molecule has 2 unspecified atom stereocenters. The molecule has 0 saturated heterocycles. The van der Waals surface area contributed by atoms with Crippen molar-refractivity contribution in [2.45, 2.75) is 30.7 Å². The van der Waals surface area contributed by atoms with Crippen LogP contribution in [0.1, 0.15) is 30.7 Å². The van der Waals surface area contributed by atoms with E-state index in [4.69, 9.17) is 17.3 Å². The maximum absolute atomic E-state index is 6.06. The predicted octanol–water partition coefficient (Wildman–Crippen LogP) is 2.87. The summed E-state index contributed by atoms with van der Waals surface area (Å²) in [7, 11) is 4.26. The van der Waals surface area contributed by atoms with Gasteiger partial charge in [-0.05, 0) is 57.0 Å². The molecule has 2 atom stereocenters. The van der Waals surface area contributed by atoms with E-state index in [0.29, 0.717) is 5.92 Å². The molecule has 17 heavy (non-hydrogen) atoms. The number of nitrogens with zero attached hydrogens (tertiary/aromatic N) is 1. The highest BCUT2D eigenvalue weighted by molar-refractivity contribution is 6.30. The van der Waals surface area contributed by atoms with Gasteiger partial charge in [-0.15, -0.1) is 0 Å². The second-order valence-electron chi connectivity index (χ2n) is 5.32. The Labute approximate surface area is 109 Å². The molecule has 2 rings (SSSR count). The van der Waals surface area contributed by atoms with E-state index in [1.807, 2.05) is 12.1 Å². The molecule has 0 radical (unpaired) electrons. The summed E-state index contributed by atoms with van der Waals surface area (Å²) < 4.78 is 0. The molecular weight excluding hydrogens is 232 g/mol. The van der Waals surface area contributed by atoms with Crippen molar-refractivity contribution in [1.82, 2.24) is 4.90 Å². The maximum atomic E-state index is 6.06. The van der Waals surface area contributed by atoms with Gasteiger partial charge in [-0.1, -0.05) is 23.7 Å². The number of hydrogen-bond acceptors (Lipinski definition) is 2. The van der Waals surface area contributed by atoms with E-state index in [0.717, 1.165) is 18.0 Å². The lowest BCUT2D eigenvalue weighted by atomic mass is 9.91. The van der Waals surface area contributed by atoms with Crippen LogP contribution in [0.2, 0.25) is 5.02 Å². The minimum Gasteiger partial charge on any atom is -0.329 e. The average molecular weight is 253 g/mol. The van der Waals surface area contributed by atoms with Gasteiger partial charge in [0, 0.05) is 17.1 Å². The summed E-state index contributed by atoms with van der Waals surface area (Å²) in [5.41, 5.74) is 7.50. The van der Waals surface area contributed by atoms with E-state index < -0.39 is 0 Å². The van der Waals surface area contributed by atoms with Gasteiger partial charge in [0.2, 0.25) is 0 Å². The molecule has 1 fully saturated rings. The first kappa shape index (κ1) is 12.9. The fourth-order valence-corrected chi connectivity index (χ4v) is 3.12. The molecule has 0 aliphatic heterocycles. The molecule has 1 aromatic rings. The molecule has 1 aliphatic rings. The molecule has 0 amide bonds. The Morgan fingerprint density at radius 2 is 2.24 bits per heavy atom. The molecule has 0 spiro atoms. The quantitative estimate of drug-likeness (QED) is 0.897. The first-order valence-corrected chi connectivity index (χ1v) is 6.58. The monoisotopic (exact) mass is 252 g/mol. The van der Waals surface area contributed by atoms with Gasteiger partial charge in [0.05, 0.1) is 0 Å². The smallest absolute Gasteiger partial charge is 0.0408 e. The molecule has 3 heteroatoms. The summed E-state index contributed by atoms with van der Waals surface area (Å²) in [5, 5.41) is 0.831. The van der Waals surface area contributed by atoms with Crippen LogP contribution in [0.25, 0.3) is 0 Å². The van der Waals surface area contributed by atoms with Crippen LogP contribution in [0.3, 0.4) is 0 Å². The average Bonchev–Trinajstić information content (AvgIpc) is 2.74. The van der Waals surface area contributed by atoms with E-state index in [-0.39, 0.29) is 5.54 Å². The molecule has 2 N–H and O–H groups in total. The fourth-order valence-electron chi connectivity index (χ4n) is 2.92. The lowest BCUT2D eigenvalue weighted by molar-refractivity contribution is 0.165. The van der Waals surface area contributed by atoms with Crippen molar-refractivity contribution in [2.75, 3.05) is 20.6 Å². The SMILES string of the molecule is CN(C)C1(CN)CCC(c2cccc(Cl)c2)C1. The Hall–Kier alpha value is -0.570. The zero-order chi connectivity index (χ0) is 12.5. The number of likely N-dealkylation sites (N-methyl/N-ethyl adjacent to an activating group) is 1. The van der Waals surface area contributed by atoms with Gasteiger partial charge >= 0.3 is 0 Å². The number of nitrogens with two attached hydrogens (primary N) is 1. The van der Waals surface area contributed by atoms with Crippen LogP contribution in [0.5, 0.6) is 0 Å². The van der Waals surface area contributed by atoms with E-state index >= 15 is 0 Å². The molecule has 1 aromatic carbocycles. The van der Waals surface area contributed by atoms with Crippen LogP contribution in [-0.4, -0.2) is 31.1 Å². The molecule has 0 heterocycles. The highest BCUT2D eigenvalue weighted by Crippen LogP contribution is 2.43. The van der Waals surface area contributed by atoms with E-state index in [2.05, 4.69) is 31.1 Å². The van der Waals surface area contributed by atoms with Crippen molar-refractivity contribution in [2.24, 2.45) is 5.73 Å². The van der Waals surface area contributed by atoms with Gasteiger partial charge in [-0.25, -0.2) is 0 Å². The lowest BCUT2D eigenvalue weighted by Crippen LogP contribution is -2.48. The first-order chi connectivity index (χ1) is 8.07. The summed E-state index contributed by atoms with van der Waals surface area (Å²) in [5.74, 6) is 0.597. The summed E-state index contributed by atoms with van der Waals surface area (Å²) in [6.45, 7) is 0.733. The van der Waals surface area contributed by atoms with Gasteiger partial charge in [-0.2, -0.15) is 0 Å². The Morgan fingerprint density at radius 3 is 2.76 bits per heavy atom. The second-order valence-corrected chi connectivity index (χ2v) is 5.75. The minimum atomic E-state index is 0.174. The highest BCUT2D eigenvalue weighted by atomic mass is 35.5. The van der Waals surface area contributed by atoms with Gasteiger partial charge in [0.25, 0.3) is 0 Å². The Bertz CT molecular complexity index is 392. The van der Waals surface area contributed by atoms with Crippen LogP contribution in [0, 0.1) is 0 Å². The van der Waals surface area contributed by atoms with E-state index in [9.17, 15) is 0 Å². The summed E-state index contributed by atoms with van der Waals surface area (Å²) in [6.07, 6.45) is 3.51. The minimum absolute atomic E-state index is 0.174. The normalized spacial score (nSPS) is 28.9. The molecule has 2 nitrogen and oxygen atoms in total. The largest absolute Gasteiger partial charge is 0.329 e. The zero-order valence-corrected chi connectivity index (χ0v) is 11.4. The second kappa shape index (κ2) is 4.97. The first-order valence-electron chi connectivity index (χ1n) is 6.20. The van der Waals surface area contributed by atoms with Gasteiger partial charge < -0.3 is 10.6 Å². The number of rotatable bonds is 3. The summed E-state index contributed by atoms with van der Waals surface area (Å²) in [4.78, 5) is 2.29. The van der Waals surface area contributed by atoms with Gasteiger partial charge in [-0.3, -0.25) is 0 Å². The Morgan fingerprint density at radius 1 is 1.47 bits per heavy atom. The molecule has 0 aromatic heterocycles. The van der Waals surface area contributed by atoms with Crippen LogP contribution < -0.4 is 5.73 Å². The maximum Gasteiger partial charge on any atom is 0.0408 e. The Kier molecular flexibility index (Phi) is 3.76. The molecule has 0 bridgehead atoms. The fraction of sp³-hybridized carbons (Fsp3) is 0.571. The van der Waals surface area contributed by atoms with Crippen LogP contribution in [-0.2, 0) is 0 Å². The number of halogens is 1. The third-order valence-electron chi connectivity index (χ3n) is 4.23. The lowest BCUT2D eigenvalue weighted by Gasteiger charge is -2.35. The van der Waals surface area contributed by atoms with Crippen molar-refractivity contribution < 1.29 is 0 Å². The number of hydrogen-bond donors (Lipinski definition) is 1. The van der Waals surface area contributed by atoms with Crippen LogP contribution in [0.4, 0.5) is 0 Å². The number of benzene rings is 1. The standard InChI is InChI=1S/C14H21ClN2/c1-17(2)14(10-16)7-6-12(9-14)11-4-3-5-13(15)8-11/h3-5,8,12H,6-7,9-10,16H2,1-2H3. The van der Waals surface area contributed by atoms with E-state index in [1.165, 1.54) is 18.4 Å². The molecule has 1 aliphatic carbocycles. The van der Waals surface area contributed by atoms with Gasteiger partial charge in [0.15, 0.2) is 0 Å². The Balaban J connectivity index is 2.17. The molecular formula is C14H21ClN2. The summed E-state index contributed by atoms with van der Waals surface area (Å²) in [6, 6.07) is 8.24. The zero-order valence-electron chi connectivity index (χ0n) is 10.6. The molecule has 94 valence electrons. The molecule has 1 saturated carbocycles. The van der Waals surface area contributed by atoms with Crippen molar-refractivity contribution >= 4 is 11.6 Å².